The molecule has 1 amide bonds. The number of nitrogens with zero attached hydrogens (tertiary/aromatic N) is 2. The summed E-state index contributed by atoms with van der Waals surface area (Å²) in [6.07, 6.45) is 0. The van der Waals surface area contributed by atoms with Crippen LogP contribution in [0, 0.1) is 0 Å². The summed E-state index contributed by atoms with van der Waals surface area (Å²) in [7, 11) is 1.52. The molecule has 0 saturated carbocycles. The van der Waals surface area contributed by atoms with Crippen molar-refractivity contribution >= 4 is 17.6 Å². The first-order valence-corrected chi connectivity index (χ1v) is 8.18. The average molecular weight is 367 g/mol. The Bertz CT molecular complexity index is 967. The molecule has 0 saturated heterocycles. The van der Waals surface area contributed by atoms with Gasteiger partial charge in [-0.1, -0.05) is 24.3 Å². The maximum absolute atomic E-state index is 12.5. The fraction of sp³-hybridized carbons (Fsp3) is 0.158. The van der Waals surface area contributed by atoms with E-state index >= 15 is 0 Å². The van der Waals surface area contributed by atoms with Crippen LogP contribution in [0.5, 0.6) is 5.75 Å². The molecule has 3 rings (SSSR count). The van der Waals surface area contributed by atoms with Crippen molar-refractivity contribution in [3.63, 3.8) is 0 Å². The Morgan fingerprint density at radius 3 is 2.59 bits per heavy atom. The summed E-state index contributed by atoms with van der Waals surface area (Å²) in [6.45, 7) is 1.93. The van der Waals surface area contributed by atoms with Gasteiger partial charge in [0.05, 0.1) is 30.5 Å². The van der Waals surface area contributed by atoms with Gasteiger partial charge in [-0.2, -0.15) is 0 Å². The molecule has 138 valence electrons. The summed E-state index contributed by atoms with van der Waals surface area (Å²) in [5.41, 5.74) is 1.09. The molecule has 27 heavy (non-hydrogen) atoms. The highest BCUT2D eigenvalue weighted by Crippen LogP contribution is 2.28. The first-order chi connectivity index (χ1) is 13.1. The van der Waals surface area contributed by atoms with E-state index in [1.54, 1.807) is 55.5 Å². The fourth-order valence-corrected chi connectivity index (χ4v) is 2.40. The predicted molar refractivity (Wildman–Crippen MR) is 96.6 cm³/mol. The fourth-order valence-electron chi connectivity index (χ4n) is 2.40. The highest BCUT2D eigenvalue weighted by atomic mass is 16.5. The van der Waals surface area contributed by atoms with Gasteiger partial charge in [-0.15, -0.1) is 10.2 Å². The minimum absolute atomic E-state index is 0.149. The van der Waals surface area contributed by atoms with E-state index in [4.69, 9.17) is 13.9 Å². The minimum Gasteiger partial charge on any atom is -0.496 e. The number of benzene rings is 2. The van der Waals surface area contributed by atoms with Gasteiger partial charge in [0.1, 0.15) is 5.75 Å². The molecule has 0 unspecified atom stereocenters. The third-order valence-electron chi connectivity index (χ3n) is 3.63. The van der Waals surface area contributed by atoms with E-state index in [1.807, 2.05) is 0 Å². The van der Waals surface area contributed by atoms with Gasteiger partial charge < -0.3 is 19.2 Å². The maximum atomic E-state index is 12.5. The number of aromatic nitrogens is 2. The molecule has 2 aromatic carbocycles. The molecule has 0 bridgehead atoms. The molecule has 0 aliphatic carbocycles. The van der Waals surface area contributed by atoms with Crippen molar-refractivity contribution in [1.29, 1.82) is 0 Å². The van der Waals surface area contributed by atoms with E-state index in [0.717, 1.165) is 0 Å². The standard InChI is InChI=1S/C19H17N3O5/c1-3-26-19(24)12-8-4-6-10-14(12)20-16(23)18-22-21-17(27-18)13-9-5-7-11-15(13)25-2/h4-11H,3H2,1-2H3,(H,20,23). The number of rotatable bonds is 6. The van der Waals surface area contributed by atoms with Crippen LogP contribution in [-0.2, 0) is 4.74 Å². The molecule has 3 aromatic rings. The quantitative estimate of drug-likeness (QED) is 0.667. The van der Waals surface area contributed by atoms with Crippen LogP contribution < -0.4 is 10.1 Å². The Balaban J connectivity index is 1.83. The van der Waals surface area contributed by atoms with E-state index in [0.29, 0.717) is 11.3 Å². The van der Waals surface area contributed by atoms with Gasteiger partial charge in [-0.25, -0.2) is 4.79 Å². The Morgan fingerprint density at radius 1 is 1.07 bits per heavy atom. The van der Waals surface area contributed by atoms with Crippen LogP contribution in [0.4, 0.5) is 5.69 Å². The summed E-state index contributed by atoms with van der Waals surface area (Å²) in [4.78, 5) is 24.5. The topological polar surface area (TPSA) is 104 Å². The molecule has 0 spiro atoms. The zero-order valence-corrected chi connectivity index (χ0v) is 14.8. The van der Waals surface area contributed by atoms with Gasteiger partial charge in [0.2, 0.25) is 0 Å². The highest BCUT2D eigenvalue weighted by molar-refractivity contribution is 6.05. The van der Waals surface area contributed by atoms with Crippen LogP contribution in [-0.4, -0.2) is 35.8 Å². The molecule has 0 aliphatic rings. The number of amides is 1. The van der Waals surface area contributed by atoms with E-state index in [-0.39, 0.29) is 29.6 Å². The van der Waals surface area contributed by atoms with E-state index in [9.17, 15) is 9.59 Å². The van der Waals surface area contributed by atoms with Crippen molar-refractivity contribution in [3.8, 4) is 17.2 Å². The second-order valence-corrected chi connectivity index (χ2v) is 5.33. The number of carbonyl (C=O) groups is 2. The lowest BCUT2D eigenvalue weighted by molar-refractivity contribution is 0.0527. The molecule has 0 radical (unpaired) electrons. The monoisotopic (exact) mass is 367 g/mol. The summed E-state index contributed by atoms with van der Waals surface area (Å²) in [5.74, 6) is -0.722. The number of para-hydroxylation sites is 2. The first kappa shape index (κ1) is 18.1. The smallest absolute Gasteiger partial charge is 0.340 e. The van der Waals surface area contributed by atoms with Crippen molar-refractivity contribution in [2.24, 2.45) is 0 Å². The Morgan fingerprint density at radius 2 is 1.81 bits per heavy atom. The number of hydrogen-bond donors (Lipinski definition) is 1. The van der Waals surface area contributed by atoms with Crippen molar-refractivity contribution in [2.45, 2.75) is 6.92 Å². The third kappa shape index (κ3) is 3.95. The third-order valence-corrected chi connectivity index (χ3v) is 3.63. The predicted octanol–water partition coefficient (Wildman–Crippen LogP) is 3.17. The molecular weight excluding hydrogens is 350 g/mol. The summed E-state index contributed by atoms with van der Waals surface area (Å²) in [5, 5.41) is 10.3. The maximum Gasteiger partial charge on any atom is 0.340 e. The molecule has 1 aromatic heterocycles. The second kappa shape index (κ2) is 8.13. The van der Waals surface area contributed by atoms with E-state index in [1.165, 1.54) is 7.11 Å². The number of carbonyl (C=O) groups excluding carboxylic acids is 2. The number of hydrogen-bond acceptors (Lipinski definition) is 7. The SMILES string of the molecule is CCOC(=O)c1ccccc1NC(=O)c1nnc(-c2ccccc2OC)o1. The van der Waals surface area contributed by atoms with Crippen molar-refractivity contribution in [1.82, 2.24) is 10.2 Å². The number of ether oxygens (including phenoxy) is 2. The molecule has 0 fully saturated rings. The van der Waals surface area contributed by atoms with Crippen molar-refractivity contribution in [2.75, 3.05) is 19.0 Å². The number of esters is 1. The van der Waals surface area contributed by atoms with Gasteiger partial charge >= 0.3 is 17.8 Å². The van der Waals surface area contributed by atoms with Crippen molar-refractivity contribution in [3.05, 3.63) is 60.0 Å². The molecule has 8 nitrogen and oxygen atoms in total. The zero-order chi connectivity index (χ0) is 19.2. The summed E-state index contributed by atoms with van der Waals surface area (Å²) >= 11 is 0. The lowest BCUT2D eigenvalue weighted by atomic mass is 10.2. The average Bonchev–Trinajstić information content (AvgIpc) is 3.18. The van der Waals surface area contributed by atoms with Gasteiger partial charge in [0.25, 0.3) is 5.89 Å². The van der Waals surface area contributed by atoms with Gasteiger partial charge in [0.15, 0.2) is 0 Å². The lowest BCUT2D eigenvalue weighted by Gasteiger charge is -2.08. The van der Waals surface area contributed by atoms with E-state index in [2.05, 4.69) is 15.5 Å². The van der Waals surface area contributed by atoms with Crippen LogP contribution in [0.25, 0.3) is 11.5 Å². The lowest BCUT2D eigenvalue weighted by Crippen LogP contribution is -2.16. The largest absolute Gasteiger partial charge is 0.496 e. The van der Waals surface area contributed by atoms with E-state index < -0.39 is 11.9 Å². The van der Waals surface area contributed by atoms with Crippen LogP contribution in [0.2, 0.25) is 0 Å². The Labute approximate surface area is 155 Å². The van der Waals surface area contributed by atoms with Gasteiger partial charge in [0, 0.05) is 0 Å². The van der Waals surface area contributed by atoms with Crippen LogP contribution in [0.1, 0.15) is 28.0 Å². The zero-order valence-electron chi connectivity index (χ0n) is 14.8. The van der Waals surface area contributed by atoms with Gasteiger partial charge in [-0.3, -0.25) is 4.79 Å². The van der Waals surface area contributed by atoms with Crippen LogP contribution in [0.3, 0.4) is 0 Å². The molecule has 1 heterocycles. The molecule has 0 aliphatic heterocycles. The Kier molecular flexibility index (Phi) is 5.46. The summed E-state index contributed by atoms with van der Waals surface area (Å²) in [6, 6.07) is 13.6. The molecule has 0 atom stereocenters. The summed E-state index contributed by atoms with van der Waals surface area (Å²) < 4.78 is 15.7. The first-order valence-electron chi connectivity index (χ1n) is 8.18. The van der Waals surface area contributed by atoms with Crippen LogP contribution in [0.15, 0.2) is 52.9 Å². The number of anilines is 1. The number of methoxy groups -OCH3 is 1. The van der Waals surface area contributed by atoms with Crippen LogP contribution >= 0.6 is 0 Å². The second-order valence-electron chi connectivity index (χ2n) is 5.33. The van der Waals surface area contributed by atoms with Gasteiger partial charge in [-0.05, 0) is 31.2 Å². The normalized spacial score (nSPS) is 10.3. The molecule has 1 N–H and O–H groups in total. The number of nitrogens with one attached hydrogen (secondary N) is 1. The molecule has 8 heteroatoms. The van der Waals surface area contributed by atoms with Crippen molar-refractivity contribution < 1.29 is 23.5 Å². The Hall–Kier alpha value is -3.68. The highest BCUT2D eigenvalue weighted by Gasteiger charge is 2.20. The molecular formula is C19H17N3O5. The minimum atomic E-state index is -0.639.